The number of hydrogen-bond donors (Lipinski definition) is 0. The number of ketones is 1. The SMILES string of the molecule is Cc1ccc(C(=O)c2ccccc2C2CCC2)cc1F. The van der Waals surface area contributed by atoms with Gasteiger partial charge < -0.3 is 0 Å². The molecule has 0 bridgehead atoms. The summed E-state index contributed by atoms with van der Waals surface area (Å²) in [6.07, 6.45) is 3.52. The van der Waals surface area contributed by atoms with E-state index in [1.807, 2.05) is 24.3 Å². The zero-order valence-electron chi connectivity index (χ0n) is 11.5. The second-order valence-corrected chi connectivity index (χ2v) is 5.51. The topological polar surface area (TPSA) is 17.1 Å². The van der Waals surface area contributed by atoms with Crippen LogP contribution in [0.5, 0.6) is 0 Å². The first-order valence-electron chi connectivity index (χ1n) is 7.06. The molecule has 3 rings (SSSR count). The summed E-state index contributed by atoms with van der Waals surface area (Å²) in [5.41, 5.74) is 2.83. The number of benzene rings is 2. The summed E-state index contributed by atoms with van der Waals surface area (Å²) in [7, 11) is 0. The number of carbonyl (C=O) groups is 1. The maximum Gasteiger partial charge on any atom is 0.193 e. The Labute approximate surface area is 118 Å². The van der Waals surface area contributed by atoms with Crippen LogP contribution in [-0.2, 0) is 0 Å². The van der Waals surface area contributed by atoms with Crippen molar-refractivity contribution in [3.8, 4) is 0 Å². The molecule has 1 aliphatic carbocycles. The minimum atomic E-state index is -0.322. The van der Waals surface area contributed by atoms with Crippen molar-refractivity contribution < 1.29 is 9.18 Å². The van der Waals surface area contributed by atoms with Crippen molar-refractivity contribution in [1.29, 1.82) is 0 Å². The summed E-state index contributed by atoms with van der Waals surface area (Å²) in [5, 5.41) is 0. The lowest BCUT2D eigenvalue weighted by Crippen LogP contribution is -2.14. The third-order valence-corrected chi connectivity index (χ3v) is 4.18. The Morgan fingerprint density at radius 3 is 2.55 bits per heavy atom. The molecule has 102 valence electrons. The summed E-state index contributed by atoms with van der Waals surface area (Å²) in [4.78, 5) is 12.6. The van der Waals surface area contributed by atoms with Gasteiger partial charge in [-0.25, -0.2) is 4.39 Å². The highest BCUT2D eigenvalue weighted by Crippen LogP contribution is 2.38. The van der Waals surface area contributed by atoms with Gasteiger partial charge in [0.1, 0.15) is 5.82 Å². The van der Waals surface area contributed by atoms with E-state index in [0.29, 0.717) is 17.0 Å². The van der Waals surface area contributed by atoms with Crippen LogP contribution in [0.2, 0.25) is 0 Å². The lowest BCUT2D eigenvalue weighted by Gasteiger charge is -2.27. The number of aryl methyl sites for hydroxylation is 1. The van der Waals surface area contributed by atoms with E-state index in [1.54, 1.807) is 19.1 Å². The maximum absolute atomic E-state index is 13.6. The van der Waals surface area contributed by atoms with Crippen LogP contribution in [0.25, 0.3) is 0 Å². The van der Waals surface area contributed by atoms with Gasteiger partial charge in [0.05, 0.1) is 0 Å². The predicted octanol–water partition coefficient (Wildman–Crippen LogP) is 4.63. The lowest BCUT2D eigenvalue weighted by atomic mass is 9.77. The molecule has 0 radical (unpaired) electrons. The molecule has 1 saturated carbocycles. The molecule has 0 N–H and O–H groups in total. The van der Waals surface area contributed by atoms with Crippen LogP contribution in [-0.4, -0.2) is 5.78 Å². The molecule has 1 nitrogen and oxygen atoms in total. The first-order chi connectivity index (χ1) is 9.66. The normalized spacial score (nSPS) is 14.9. The Morgan fingerprint density at radius 2 is 1.90 bits per heavy atom. The van der Waals surface area contributed by atoms with Crippen LogP contribution >= 0.6 is 0 Å². The molecule has 1 fully saturated rings. The molecule has 1 aliphatic rings. The average molecular weight is 268 g/mol. The van der Waals surface area contributed by atoms with E-state index < -0.39 is 0 Å². The van der Waals surface area contributed by atoms with E-state index >= 15 is 0 Å². The van der Waals surface area contributed by atoms with E-state index in [0.717, 1.165) is 24.0 Å². The maximum atomic E-state index is 13.6. The van der Waals surface area contributed by atoms with Crippen molar-refractivity contribution in [2.24, 2.45) is 0 Å². The van der Waals surface area contributed by atoms with Crippen molar-refractivity contribution in [3.05, 3.63) is 70.5 Å². The number of carbonyl (C=O) groups excluding carboxylic acids is 1. The number of rotatable bonds is 3. The van der Waals surface area contributed by atoms with Gasteiger partial charge in [0.2, 0.25) is 0 Å². The van der Waals surface area contributed by atoms with Crippen LogP contribution in [0.4, 0.5) is 4.39 Å². The quantitative estimate of drug-likeness (QED) is 0.741. The Balaban J connectivity index is 1.99. The molecule has 2 aromatic carbocycles. The molecule has 2 heteroatoms. The molecular formula is C18H17FO. The molecule has 0 heterocycles. The van der Waals surface area contributed by atoms with E-state index in [2.05, 4.69) is 0 Å². The van der Waals surface area contributed by atoms with Crippen LogP contribution in [0, 0.1) is 12.7 Å². The molecule has 0 aliphatic heterocycles. The second-order valence-electron chi connectivity index (χ2n) is 5.51. The molecule has 0 amide bonds. The van der Waals surface area contributed by atoms with Gasteiger partial charge in [-0.15, -0.1) is 0 Å². The molecular weight excluding hydrogens is 251 g/mol. The highest BCUT2D eigenvalue weighted by molar-refractivity contribution is 6.10. The Hall–Kier alpha value is -1.96. The Kier molecular flexibility index (Phi) is 3.39. The van der Waals surface area contributed by atoms with Crippen molar-refractivity contribution in [2.45, 2.75) is 32.1 Å². The summed E-state index contributed by atoms with van der Waals surface area (Å²) >= 11 is 0. The highest BCUT2D eigenvalue weighted by Gasteiger charge is 2.24. The van der Waals surface area contributed by atoms with Gasteiger partial charge in [-0.2, -0.15) is 0 Å². The van der Waals surface area contributed by atoms with Crippen LogP contribution in [0.3, 0.4) is 0 Å². The fraction of sp³-hybridized carbons (Fsp3) is 0.278. The van der Waals surface area contributed by atoms with Crippen molar-refractivity contribution >= 4 is 5.78 Å². The average Bonchev–Trinajstić information content (AvgIpc) is 2.40. The van der Waals surface area contributed by atoms with Crippen molar-refractivity contribution in [1.82, 2.24) is 0 Å². The third kappa shape index (κ3) is 2.26. The fourth-order valence-corrected chi connectivity index (χ4v) is 2.67. The standard InChI is InChI=1S/C18H17FO/c1-12-9-10-14(11-17(12)19)18(20)16-8-3-2-7-15(16)13-5-4-6-13/h2-3,7-11,13H,4-6H2,1H3. The molecule has 0 aromatic heterocycles. The molecule has 20 heavy (non-hydrogen) atoms. The van der Waals surface area contributed by atoms with Crippen LogP contribution < -0.4 is 0 Å². The van der Waals surface area contributed by atoms with Gasteiger partial charge in [0.15, 0.2) is 5.78 Å². The first kappa shape index (κ1) is 13.0. The van der Waals surface area contributed by atoms with E-state index in [4.69, 9.17) is 0 Å². The summed E-state index contributed by atoms with van der Waals surface area (Å²) < 4.78 is 13.6. The van der Waals surface area contributed by atoms with Crippen LogP contribution in [0.1, 0.15) is 52.2 Å². The van der Waals surface area contributed by atoms with Gasteiger partial charge in [0.25, 0.3) is 0 Å². The molecule has 0 spiro atoms. The van der Waals surface area contributed by atoms with E-state index in [1.165, 1.54) is 12.5 Å². The van der Waals surface area contributed by atoms with E-state index in [9.17, 15) is 9.18 Å². The number of halogens is 1. The largest absolute Gasteiger partial charge is 0.289 e. The summed E-state index contributed by atoms with van der Waals surface area (Å²) in [6.45, 7) is 1.70. The monoisotopic (exact) mass is 268 g/mol. The van der Waals surface area contributed by atoms with Gasteiger partial charge >= 0.3 is 0 Å². The van der Waals surface area contributed by atoms with Crippen LogP contribution in [0.15, 0.2) is 42.5 Å². The molecule has 0 unspecified atom stereocenters. The summed E-state index contributed by atoms with van der Waals surface area (Å²) in [5.74, 6) is 0.0915. The van der Waals surface area contributed by atoms with Gasteiger partial charge in [-0.3, -0.25) is 4.79 Å². The lowest BCUT2D eigenvalue weighted by molar-refractivity contribution is 0.103. The Morgan fingerprint density at radius 1 is 1.15 bits per heavy atom. The van der Waals surface area contributed by atoms with Crippen molar-refractivity contribution in [3.63, 3.8) is 0 Å². The minimum absolute atomic E-state index is 0.0774. The fourth-order valence-electron chi connectivity index (χ4n) is 2.67. The van der Waals surface area contributed by atoms with E-state index in [-0.39, 0.29) is 11.6 Å². The zero-order chi connectivity index (χ0) is 14.1. The van der Waals surface area contributed by atoms with Gasteiger partial charge in [-0.05, 0) is 42.9 Å². The number of hydrogen-bond acceptors (Lipinski definition) is 1. The first-order valence-corrected chi connectivity index (χ1v) is 7.06. The molecule has 0 atom stereocenters. The molecule has 2 aromatic rings. The van der Waals surface area contributed by atoms with Gasteiger partial charge in [-0.1, -0.05) is 42.8 Å². The Bertz CT molecular complexity index is 656. The second kappa shape index (κ2) is 5.20. The van der Waals surface area contributed by atoms with Gasteiger partial charge in [0, 0.05) is 11.1 Å². The smallest absolute Gasteiger partial charge is 0.193 e. The zero-order valence-corrected chi connectivity index (χ0v) is 11.5. The third-order valence-electron chi connectivity index (χ3n) is 4.18. The van der Waals surface area contributed by atoms with Crippen molar-refractivity contribution in [2.75, 3.05) is 0 Å². The highest BCUT2D eigenvalue weighted by atomic mass is 19.1. The minimum Gasteiger partial charge on any atom is -0.289 e. The summed E-state index contributed by atoms with van der Waals surface area (Å²) in [6, 6.07) is 12.4. The predicted molar refractivity (Wildman–Crippen MR) is 77.6 cm³/mol. The molecule has 0 saturated heterocycles.